The van der Waals surface area contributed by atoms with E-state index in [2.05, 4.69) is 38.1 Å². The summed E-state index contributed by atoms with van der Waals surface area (Å²) in [6.07, 6.45) is 0. The molecule has 0 saturated heterocycles. The summed E-state index contributed by atoms with van der Waals surface area (Å²) in [7, 11) is 0. The van der Waals surface area contributed by atoms with Crippen molar-refractivity contribution < 1.29 is 0 Å². The number of nitrogens with two attached hydrogens (primary N) is 1. The number of aryl methyl sites for hydroxylation is 1. The van der Waals surface area contributed by atoms with Crippen molar-refractivity contribution in [3.05, 3.63) is 34.7 Å². The molecule has 1 aromatic carbocycles. The van der Waals surface area contributed by atoms with Crippen molar-refractivity contribution in [1.29, 1.82) is 0 Å². The molecule has 14 heavy (non-hydrogen) atoms. The number of thiophene rings is 1. The minimum atomic E-state index is 0.479. The highest BCUT2D eigenvalue weighted by Gasteiger charge is 2.08. The molecule has 1 atom stereocenters. The van der Waals surface area contributed by atoms with Crippen LogP contribution in [0.2, 0.25) is 0 Å². The van der Waals surface area contributed by atoms with E-state index in [0.29, 0.717) is 5.92 Å². The molecule has 0 radical (unpaired) electrons. The van der Waals surface area contributed by atoms with Gasteiger partial charge in [-0.25, -0.2) is 0 Å². The second kappa shape index (κ2) is 3.71. The van der Waals surface area contributed by atoms with E-state index in [0.717, 1.165) is 6.54 Å². The van der Waals surface area contributed by atoms with Crippen molar-refractivity contribution in [2.24, 2.45) is 5.73 Å². The number of hydrogen-bond acceptors (Lipinski definition) is 2. The number of rotatable bonds is 2. The molecule has 0 aliphatic heterocycles. The maximum Gasteiger partial charge on any atom is 0.0348 e. The molecule has 0 amide bonds. The maximum absolute atomic E-state index is 5.67. The highest BCUT2D eigenvalue weighted by Crippen LogP contribution is 2.31. The second-order valence-corrected chi connectivity index (χ2v) is 4.89. The average Bonchev–Trinajstić information content (AvgIpc) is 2.62. The molecule has 0 aliphatic rings. The van der Waals surface area contributed by atoms with Crippen LogP contribution in [0.15, 0.2) is 24.3 Å². The molecule has 0 fully saturated rings. The van der Waals surface area contributed by atoms with Crippen molar-refractivity contribution in [3.63, 3.8) is 0 Å². The molecule has 0 aliphatic carbocycles. The Morgan fingerprint density at radius 3 is 2.86 bits per heavy atom. The van der Waals surface area contributed by atoms with Gasteiger partial charge in [-0.1, -0.05) is 19.1 Å². The number of benzene rings is 1. The van der Waals surface area contributed by atoms with Crippen LogP contribution < -0.4 is 5.73 Å². The first-order valence-corrected chi connectivity index (χ1v) is 5.73. The first kappa shape index (κ1) is 9.69. The van der Waals surface area contributed by atoms with Gasteiger partial charge in [0.25, 0.3) is 0 Å². The van der Waals surface area contributed by atoms with Gasteiger partial charge in [0, 0.05) is 15.5 Å². The van der Waals surface area contributed by atoms with E-state index in [1.807, 2.05) is 11.3 Å². The third-order valence-corrected chi connectivity index (χ3v) is 3.97. The fraction of sp³-hybridized carbons (Fsp3) is 0.333. The van der Waals surface area contributed by atoms with Crippen molar-refractivity contribution in [3.8, 4) is 0 Å². The van der Waals surface area contributed by atoms with Crippen LogP contribution in [0.1, 0.15) is 23.3 Å². The predicted molar refractivity (Wildman–Crippen MR) is 64.0 cm³/mol. The van der Waals surface area contributed by atoms with Crippen LogP contribution in [0.25, 0.3) is 10.1 Å². The van der Waals surface area contributed by atoms with Gasteiger partial charge in [-0.3, -0.25) is 0 Å². The van der Waals surface area contributed by atoms with Gasteiger partial charge in [0.1, 0.15) is 0 Å². The van der Waals surface area contributed by atoms with Crippen LogP contribution in [0.5, 0.6) is 0 Å². The predicted octanol–water partition coefficient (Wildman–Crippen LogP) is 3.27. The zero-order chi connectivity index (χ0) is 10.1. The van der Waals surface area contributed by atoms with Gasteiger partial charge in [0.2, 0.25) is 0 Å². The van der Waals surface area contributed by atoms with Gasteiger partial charge in [-0.2, -0.15) is 0 Å². The molecular formula is C12H15NS. The minimum Gasteiger partial charge on any atom is -0.330 e. The smallest absolute Gasteiger partial charge is 0.0348 e. The van der Waals surface area contributed by atoms with E-state index in [4.69, 9.17) is 5.73 Å². The summed E-state index contributed by atoms with van der Waals surface area (Å²) in [6.45, 7) is 5.07. The van der Waals surface area contributed by atoms with Crippen LogP contribution in [-0.2, 0) is 0 Å². The van der Waals surface area contributed by atoms with Gasteiger partial charge in [-0.05, 0) is 36.6 Å². The molecule has 1 aromatic heterocycles. The quantitative estimate of drug-likeness (QED) is 0.800. The molecule has 0 saturated carbocycles. The van der Waals surface area contributed by atoms with Crippen molar-refractivity contribution >= 4 is 21.4 Å². The first-order chi connectivity index (χ1) is 6.72. The largest absolute Gasteiger partial charge is 0.330 e. The Kier molecular flexibility index (Phi) is 2.57. The SMILES string of the molecule is Cc1cccc2sc(C(C)CN)cc12. The zero-order valence-corrected chi connectivity index (χ0v) is 9.40. The Balaban J connectivity index is 2.56. The third kappa shape index (κ3) is 1.56. The van der Waals surface area contributed by atoms with Crippen LogP contribution >= 0.6 is 11.3 Å². The Morgan fingerprint density at radius 1 is 1.43 bits per heavy atom. The van der Waals surface area contributed by atoms with E-state index < -0.39 is 0 Å². The zero-order valence-electron chi connectivity index (χ0n) is 8.58. The van der Waals surface area contributed by atoms with Gasteiger partial charge in [0.15, 0.2) is 0 Å². The molecule has 2 heteroatoms. The molecule has 0 spiro atoms. The second-order valence-electron chi connectivity index (χ2n) is 3.77. The molecule has 2 rings (SSSR count). The normalized spacial score (nSPS) is 13.4. The van der Waals surface area contributed by atoms with Crippen molar-refractivity contribution in [2.75, 3.05) is 6.54 Å². The number of hydrogen-bond donors (Lipinski definition) is 1. The van der Waals surface area contributed by atoms with Crippen molar-refractivity contribution in [2.45, 2.75) is 19.8 Å². The minimum absolute atomic E-state index is 0.479. The van der Waals surface area contributed by atoms with Crippen LogP contribution in [0.3, 0.4) is 0 Å². The fourth-order valence-corrected chi connectivity index (χ4v) is 2.79. The van der Waals surface area contributed by atoms with E-state index in [1.54, 1.807) is 0 Å². The van der Waals surface area contributed by atoms with Crippen LogP contribution in [-0.4, -0.2) is 6.54 Å². The van der Waals surface area contributed by atoms with Gasteiger partial charge in [0.05, 0.1) is 0 Å². The van der Waals surface area contributed by atoms with Gasteiger partial charge in [-0.15, -0.1) is 11.3 Å². The highest BCUT2D eigenvalue weighted by molar-refractivity contribution is 7.19. The Hall–Kier alpha value is -0.860. The molecule has 2 aromatic rings. The summed E-state index contributed by atoms with van der Waals surface area (Å²) in [5.74, 6) is 0.479. The molecule has 0 bridgehead atoms. The lowest BCUT2D eigenvalue weighted by molar-refractivity contribution is 0.790. The summed E-state index contributed by atoms with van der Waals surface area (Å²) in [6, 6.07) is 8.74. The number of fused-ring (bicyclic) bond motifs is 1. The monoisotopic (exact) mass is 205 g/mol. The molecule has 74 valence electrons. The third-order valence-electron chi connectivity index (χ3n) is 2.64. The van der Waals surface area contributed by atoms with E-state index in [1.165, 1.54) is 20.5 Å². The van der Waals surface area contributed by atoms with Gasteiger partial charge < -0.3 is 5.73 Å². The maximum atomic E-state index is 5.67. The molecule has 1 heterocycles. The van der Waals surface area contributed by atoms with E-state index in [9.17, 15) is 0 Å². The van der Waals surface area contributed by atoms with Crippen molar-refractivity contribution in [1.82, 2.24) is 0 Å². The Morgan fingerprint density at radius 2 is 2.21 bits per heavy atom. The molecule has 1 nitrogen and oxygen atoms in total. The fourth-order valence-electron chi connectivity index (χ4n) is 1.59. The van der Waals surface area contributed by atoms with Gasteiger partial charge >= 0.3 is 0 Å². The first-order valence-electron chi connectivity index (χ1n) is 4.91. The Labute approximate surface area is 88.6 Å². The summed E-state index contributed by atoms with van der Waals surface area (Å²) in [5, 5.41) is 1.38. The molecule has 1 unspecified atom stereocenters. The Bertz CT molecular complexity index is 445. The standard InChI is InChI=1S/C12H15NS/c1-8-4-3-5-11-10(8)6-12(14-11)9(2)7-13/h3-6,9H,7,13H2,1-2H3. The lowest BCUT2D eigenvalue weighted by Gasteiger charge is -2.02. The topological polar surface area (TPSA) is 26.0 Å². The lowest BCUT2D eigenvalue weighted by atomic mass is 10.1. The van der Waals surface area contributed by atoms with Crippen LogP contribution in [0.4, 0.5) is 0 Å². The van der Waals surface area contributed by atoms with Crippen LogP contribution in [0, 0.1) is 6.92 Å². The van der Waals surface area contributed by atoms with E-state index >= 15 is 0 Å². The molecular weight excluding hydrogens is 190 g/mol. The summed E-state index contributed by atoms with van der Waals surface area (Å²) in [5.41, 5.74) is 7.03. The highest BCUT2D eigenvalue weighted by atomic mass is 32.1. The summed E-state index contributed by atoms with van der Waals surface area (Å²) >= 11 is 1.86. The summed E-state index contributed by atoms with van der Waals surface area (Å²) in [4.78, 5) is 1.40. The van der Waals surface area contributed by atoms with E-state index in [-0.39, 0.29) is 0 Å². The lowest BCUT2D eigenvalue weighted by Crippen LogP contribution is -2.06. The average molecular weight is 205 g/mol. The molecule has 2 N–H and O–H groups in total. The summed E-state index contributed by atoms with van der Waals surface area (Å²) < 4.78 is 1.38.